The third-order valence-electron chi connectivity index (χ3n) is 6.20. The Bertz CT molecular complexity index is 1620. The van der Waals surface area contributed by atoms with E-state index in [9.17, 15) is 22.0 Å². The zero-order chi connectivity index (χ0) is 27.6. The number of likely N-dealkylation sites (N-methyl/N-ethyl adjacent to an activating group) is 1. The van der Waals surface area contributed by atoms with E-state index in [4.69, 9.17) is 4.74 Å². The lowest BCUT2D eigenvalue weighted by molar-refractivity contribution is 0.0978. The molecule has 2 heterocycles. The standard InChI is InChI=1S/C27H24F2N4O4S2/c1-32(17-22-3-2-14-37-22)39(35,36)23-11-6-19(7-12-23)26(34)33(30-16-18-4-8-20(28)9-5-18)27-31-24-13-10-21(29)15-25(24)38-27/h4-13,15-16,22H,2-3,14,17H2,1H3/b30-16+. The summed E-state index contributed by atoms with van der Waals surface area (Å²) in [6.45, 7) is 0.867. The smallest absolute Gasteiger partial charge is 0.280 e. The lowest BCUT2D eigenvalue weighted by Crippen LogP contribution is -2.34. The van der Waals surface area contributed by atoms with Crippen molar-refractivity contribution < 1.29 is 26.7 Å². The minimum absolute atomic E-state index is 0.0383. The molecule has 5 rings (SSSR count). The van der Waals surface area contributed by atoms with Crippen molar-refractivity contribution >= 4 is 48.8 Å². The van der Waals surface area contributed by atoms with Crippen LogP contribution in [-0.4, -0.2) is 56.1 Å². The van der Waals surface area contributed by atoms with Gasteiger partial charge in [-0.2, -0.15) is 14.4 Å². The Hall–Kier alpha value is -3.58. The van der Waals surface area contributed by atoms with E-state index in [-0.39, 0.29) is 28.2 Å². The van der Waals surface area contributed by atoms with E-state index >= 15 is 0 Å². The van der Waals surface area contributed by atoms with Crippen molar-refractivity contribution in [2.75, 3.05) is 25.2 Å². The summed E-state index contributed by atoms with van der Waals surface area (Å²) in [5, 5.41) is 5.54. The van der Waals surface area contributed by atoms with Crippen LogP contribution in [0.25, 0.3) is 10.2 Å². The summed E-state index contributed by atoms with van der Waals surface area (Å²) in [6.07, 6.45) is 2.95. The molecule has 0 N–H and O–H groups in total. The molecule has 1 amide bonds. The number of anilines is 1. The molecule has 0 radical (unpaired) electrons. The first-order valence-corrected chi connectivity index (χ1v) is 14.3. The van der Waals surface area contributed by atoms with Gasteiger partial charge in [0.2, 0.25) is 15.2 Å². The molecule has 1 aliphatic rings. The van der Waals surface area contributed by atoms with E-state index in [0.717, 1.165) is 29.2 Å². The summed E-state index contributed by atoms with van der Waals surface area (Å²) in [7, 11) is -2.29. The second-order valence-electron chi connectivity index (χ2n) is 8.97. The highest BCUT2D eigenvalue weighted by atomic mass is 32.2. The number of ether oxygens (including phenoxy) is 1. The number of hydrogen-bond donors (Lipinski definition) is 0. The van der Waals surface area contributed by atoms with Gasteiger partial charge < -0.3 is 4.74 Å². The SMILES string of the molecule is CN(CC1CCCO1)S(=O)(=O)c1ccc(C(=O)N(/N=C/c2ccc(F)cc2)c2nc3ccc(F)cc3s2)cc1. The lowest BCUT2D eigenvalue weighted by Gasteiger charge is -2.20. The van der Waals surface area contributed by atoms with Gasteiger partial charge in [0.25, 0.3) is 5.91 Å². The number of rotatable bonds is 8. The topological polar surface area (TPSA) is 92.2 Å². The second kappa shape index (κ2) is 11.3. The van der Waals surface area contributed by atoms with Crippen LogP contribution < -0.4 is 5.01 Å². The maximum atomic E-state index is 13.8. The summed E-state index contributed by atoms with van der Waals surface area (Å²) in [5.41, 5.74) is 1.19. The summed E-state index contributed by atoms with van der Waals surface area (Å²) in [5.74, 6) is -1.43. The average molecular weight is 571 g/mol. The van der Waals surface area contributed by atoms with Gasteiger partial charge in [-0.3, -0.25) is 4.79 Å². The normalized spacial score (nSPS) is 15.9. The van der Waals surface area contributed by atoms with Gasteiger partial charge in [-0.05, 0) is 73.0 Å². The number of aromatic nitrogens is 1. The third kappa shape index (κ3) is 6.04. The first kappa shape index (κ1) is 27.0. The summed E-state index contributed by atoms with van der Waals surface area (Å²) in [6, 6.07) is 15.2. The number of amides is 1. The van der Waals surface area contributed by atoms with Crippen molar-refractivity contribution in [3.05, 3.63) is 89.5 Å². The summed E-state index contributed by atoms with van der Waals surface area (Å²) in [4.78, 5) is 18.0. The van der Waals surface area contributed by atoms with E-state index < -0.39 is 27.6 Å². The molecule has 1 atom stereocenters. The van der Waals surface area contributed by atoms with E-state index in [1.54, 1.807) is 0 Å². The number of nitrogens with zero attached hydrogens (tertiary/aromatic N) is 4. The largest absolute Gasteiger partial charge is 0.377 e. The highest BCUT2D eigenvalue weighted by Gasteiger charge is 2.27. The van der Waals surface area contributed by atoms with Crippen LogP contribution in [0.1, 0.15) is 28.8 Å². The van der Waals surface area contributed by atoms with E-state index in [1.165, 1.54) is 84.3 Å². The number of fused-ring (bicyclic) bond motifs is 1. The van der Waals surface area contributed by atoms with Crippen molar-refractivity contribution in [3.63, 3.8) is 0 Å². The Morgan fingerprint density at radius 3 is 2.51 bits per heavy atom. The first-order valence-electron chi connectivity index (χ1n) is 12.1. The van der Waals surface area contributed by atoms with E-state index in [1.807, 2.05) is 0 Å². The van der Waals surface area contributed by atoms with Gasteiger partial charge in [0.05, 0.1) is 27.4 Å². The minimum atomic E-state index is -3.79. The van der Waals surface area contributed by atoms with Crippen molar-refractivity contribution in [1.82, 2.24) is 9.29 Å². The number of hydrogen-bond acceptors (Lipinski definition) is 7. The van der Waals surface area contributed by atoms with Crippen LogP contribution in [0.4, 0.5) is 13.9 Å². The molecule has 1 aromatic heterocycles. The monoisotopic (exact) mass is 570 g/mol. The highest BCUT2D eigenvalue weighted by Crippen LogP contribution is 2.31. The number of hydrazone groups is 1. The van der Waals surface area contributed by atoms with Gasteiger partial charge in [-0.25, -0.2) is 22.2 Å². The summed E-state index contributed by atoms with van der Waals surface area (Å²) < 4.78 is 60.5. The summed E-state index contributed by atoms with van der Waals surface area (Å²) >= 11 is 1.07. The van der Waals surface area contributed by atoms with Crippen LogP contribution >= 0.6 is 11.3 Å². The molecule has 0 aliphatic carbocycles. The van der Waals surface area contributed by atoms with Crippen LogP contribution in [0.2, 0.25) is 0 Å². The van der Waals surface area contributed by atoms with Crippen molar-refractivity contribution in [1.29, 1.82) is 0 Å². The molecule has 1 aliphatic heterocycles. The molecule has 39 heavy (non-hydrogen) atoms. The fraction of sp³-hybridized carbons (Fsp3) is 0.222. The van der Waals surface area contributed by atoms with Gasteiger partial charge in [-0.15, -0.1) is 0 Å². The van der Waals surface area contributed by atoms with Gasteiger partial charge in [0, 0.05) is 25.8 Å². The Kier molecular flexibility index (Phi) is 7.80. The minimum Gasteiger partial charge on any atom is -0.377 e. The number of thiazole rings is 1. The molecule has 3 aromatic carbocycles. The van der Waals surface area contributed by atoms with Crippen LogP contribution in [0, 0.1) is 11.6 Å². The molecule has 4 aromatic rings. The van der Waals surface area contributed by atoms with Crippen molar-refractivity contribution in [3.8, 4) is 0 Å². The van der Waals surface area contributed by atoms with Gasteiger partial charge in [-0.1, -0.05) is 23.5 Å². The number of benzene rings is 3. The number of halogens is 2. The lowest BCUT2D eigenvalue weighted by atomic mass is 10.2. The Labute approximate surface area is 228 Å². The van der Waals surface area contributed by atoms with Crippen molar-refractivity contribution in [2.24, 2.45) is 5.10 Å². The molecule has 0 bridgehead atoms. The third-order valence-corrected chi connectivity index (χ3v) is 9.03. The van der Waals surface area contributed by atoms with Crippen LogP contribution in [0.5, 0.6) is 0 Å². The zero-order valence-corrected chi connectivity index (χ0v) is 22.5. The zero-order valence-electron chi connectivity index (χ0n) is 20.8. The van der Waals surface area contributed by atoms with Crippen LogP contribution in [0.15, 0.2) is 76.7 Å². The fourth-order valence-electron chi connectivity index (χ4n) is 4.08. The van der Waals surface area contributed by atoms with E-state index in [0.29, 0.717) is 22.4 Å². The van der Waals surface area contributed by atoms with E-state index in [2.05, 4.69) is 10.1 Å². The second-order valence-corrected chi connectivity index (χ2v) is 12.0. The van der Waals surface area contributed by atoms with Crippen LogP contribution in [-0.2, 0) is 14.8 Å². The van der Waals surface area contributed by atoms with Crippen LogP contribution in [0.3, 0.4) is 0 Å². The highest BCUT2D eigenvalue weighted by molar-refractivity contribution is 7.89. The molecule has 1 fully saturated rings. The molecule has 8 nitrogen and oxygen atoms in total. The molecule has 0 saturated carbocycles. The molecule has 0 spiro atoms. The van der Waals surface area contributed by atoms with Gasteiger partial charge >= 0.3 is 0 Å². The molecular weight excluding hydrogens is 546 g/mol. The Morgan fingerprint density at radius 1 is 1.10 bits per heavy atom. The fourth-order valence-corrected chi connectivity index (χ4v) is 6.23. The number of carbonyl (C=O) groups excluding carboxylic acids is 1. The predicted octanol–water partition coefficient (Wildman–Crippen LogP) is 5.05. The molecule has 202 valence electrons. The Morgan fingerprint density at radius 2 is 1.82 bits per heavy atom. The predicted molar refractivity (Wildman–Crippen MR) is 146 cm³/mol. The molecule has 1 saturated heterocycles. The quantitative estimate of drug-likeness (QED) is 0.218. The number of carbonyl (C=O) groups is 1. The van der Waals surface area contributed by atoms with Crippen molar-refractivity contribution in [2.45, 2.75) is 23.8 Å². The first-order chi connectivity index (χ1) is 18.7. The van der Waals surface area contributed by atoms with Gasteiger partial charge in [0.1, 0.15) is 11.6 Å². The molecule has 1 unspecified atom stereocenters. The maximum Gasteiger partial charge on any atom is 0.280 e. The average Bonchev–Trinajstić information content (AvgIpc) is 3.59. The molecular formula is C27H24F2N4O4S2. The number of sulfonamides is 1. The van der Waals surface area contributed by atoms with Gasteiger partial charge in [0.15, 0.2) is 0 Å². The maximum absolute atomic E-state index is 13.8. The Balaban J connectivity index is 1.43. The molecule has 12 heteroatoms.